The molecule has 0 amide bonds. The van der Waals surface area contributed by atoms with Gasteiger partial charge in [0.15, 0.2) is 0 Å². The second-order valence-corrected chi connectivity index (χ2v) is 16.8. The number of nitrogens with zero attached hydrogens (tertiary/aromatic N) is 1. The smallest absolute Gasteiger partial charge is 0.0554 e. The first-order valence-corrected chi connectivity index (χ1v) is 20.6. The molecule has 0 fully saturated rings. The summed E-state index contributed by atoms with van der Waals surface area (Å²) >= 11 is 1.86. The zero-order valence-electron chi connectivity index (χ0n) is 31.9. The van der Waals surface area contributed by atoms with E-state index < -0.39 is 0 Å². The van der Waals surface area contributed by atoms with Crippen LogP contribution in [0.3, 0.4) is 0 Å². The topological polar surface area (TPSA) is 3.24 Å². The minimum atomic E-state index is -0.0843. The van der Waals surface area contributed by atoms with Gasteiger partial charge in [0.25, 0.3) is 0 Å². The number of hydrogen-bond acceptors (Lipinski definition) is 2. The standard InChI is InChI=1S/C55H39NS/c1-55(2)49-23-7-5-18-46(49)47-22-11-21-45(54(47)55)38-29-33-42(34-30-38)56(50-24-12-26-52-53(50)48-19-6-8-25-51(48)57-52)41-31-27-36(28-32-41)39-15-9-16-40(35-39)44-20-10-14-37-13-3-4-17-43(37)44/h3-35H,1-2H3. The van der Waals surface area contributed by atoms with Crippen LogP contribution in [0.4, 0.5) is 17.1 Å². The third-order valence-corrected chi connectivity index (χ3v) is 13.2. The molecule has 2 heteroatoms. The van der Waals surface area contributed by atoms with E-state index in [2.05, 4.69) is 219 Å². The van der Waals surface area contributed by atoms with Crippen molar-refractivity contribution >= 4 is 59.3 Å². The zero-order valence-corrected chi connectivity index (χ0v) is 32.7. The Labute approximate surface area is 337 Å². The minimum absolute atomic E-state index is 0.0843. The largest absolute Gasteiger partial charge is 0.310 e. The SMILES string of the molecule is CC1(C)c2ccccc2-c2cccc(-c3ccc(N(c4ccc(-c5cccc(-c6cccc7ccccc67)c5)cc4)c4cccc5sc6ccccc6c45)cc3)c21. The van der Waals surface area contributed by atoms with Crippen LogP contribution in [0.25, 0.3) is 75.5 Å². The summed E-state index contributed by atoms with van der Waals surface area (Å²) in [5.74, 6) is 0. The predicted octanol–water partition coefficient (Wildman–Crippen LogP) is 16.0. The summed E-state index contributed by atoms with van der Waals surface area (Å²) in [6.07, 6.45) is 0. The molecule has 0 N–H and O–H groups in total. The van der Waals surface area contributed by atoms with Gasteiger partial charge in [-0.05, 0) is 115 Å². The Morgan fingerprint density at radius 2 is 0.982 bits per heavy atom. The predicted molar refractivity (Wildman–Crippen MR) is 245 cm³/mol. The lowest BCUT2D eigenvalue weighted by atomic mass is 9.79. The van der Waals surface area contributed by atoms with Crippen LogP contribution in [-0.2, 0) is 5.41 Å². The van der Waals surface area contributed by atoms with Gasteiger partial charge < -0.3 is 4.90 Å². The van der Waals surface area contributed by atoms with Crippen molar-refractivity contribution in [2.45, 2.75) is 19.3 Å². The highest BCUT2D eigenvalue weighted by Gasteiger charge is 2.37. The van der Waals surface area contributed by atoms with Gasteiger partial charge >= 0.3 is 0 Å². The molecule has 0 unspecified atom stereocenters. The van der Waals surface area contributed by atoms with E-state index in [0.29, 0.717) is 0 Å². The fraction of sp³-hybridized carbons (Fsp3) is 0.0545. The van der Waals surface area contributed by atoms with Gasteiger partial charge in [0.2, 0.25) is 0 Å². The van der Waals surface area contributed by atoms with E-state index in [1.165, 1.54) is 92.3 Å². The molecule has 0 bridgehead atoms. The van der Waals surface area contributed by atoms with Gasteiger partial charge in [-0.25, -0.2) is 0 Å². The third-order valence-electron chi connectivity index (χ3n) is 12.1. The van der Waals surface area contributed by atoms with E-state index in [0.717, 1.165) is 11.4 Å². The van der Waals surface area contributed by atoms with Gasteiger partial charge in [-0.15, -0.1) is 11.3 Å². The highest BCUT2D eigenvalue weighted by Crippen LogP contribution is 2.52. The Kier molecular flexibility index (Phi) is 7.77. The summed E-state index contributed by atoms with van der Waals surface area (Å²) in [7, 11) is 0. The van der Waals surface area contributed by atoms with Crippen LogP contribution in [0.2, 0.25) is 0 Å². The van der Waals surface area contributed by atoms with Gasteiger partial charge in [-0.2, -0.15) is 0 Å². The van der Waals surface area contributed by atoms with Crippen molar-refractivity contribution in [1.82, 2.24) is 0 Å². The Morgan fingerprint density at radius 3 is 1.82 bits per heavy atom. The lowest BCUT2D eigenvalue weighted by molar-refractivity contribution is 0.662. The number of thiophene rings is 1. The summed E-state index contributed by atoms with van der Waals surface area (Å²) in [4.78, 5) is 2.44. The molecule has 10 aromatic rings. The molecule has 1 nitrogen and oxygen atoms in total. The highest BCUT2D eigenvalue weighted by molar-refractivity contribution is 7.26. The summed E-state index contributed by atoms with van der Waals surface area (Å²) in [6.45, 7) is 4.74. The van der Waals surface area contributed by atoms with E-state index in [1.54, 1.807) is 0 Å². The van der Waals surface area contributed by atoms with E-state index in [-0.39, 0.29) is 5.41 Å². The van der Waals surface area contributed by atoms with Crippen molar-refractivity contribution in [2.75, 3.05) is 4.90 Å². The first-order chi connectivity index (χ1) is 28.0. The molecule has 1 aliphatic rings. The second-order valence-electron chi connectivity index (χ2n) is 15.7. The first kappa shape index (κ1) is 33.6. The molecule has 0 atom stereocenters. The van der Waals surface area contributed by atoms with Crippen molar-refractivity contribution in [3.8, 4) is 44.5 Å². The maximum atomic E-state index is 2.44. The molecule has 1 aromatic heterocycles. The average Bonchev–Trinajstić information content (AvgIpc) is 3.77. The van der Waals surface area contributed by atoms with Gasteiger partial charge in [0, 0.05) is 37.0 Å². The molecule has 0 aliphatic heterocycles. The van der Waals surface area contributed by atoms with Crippen molar-refractivity contribution in [3.63, 3.8) is 0 Å². The number of hydrogen-bond donors (Lipinski definition) is 0. The Morgan fingerprint density at radius 1 is 0.404 bits per heavy atom. The van der Waals surface area contributed by atoms with E-state index in [1.807, 2.05) is 11.3 Å². The van der Waals surface area contributed by atoms with Crippen molar-refractivity contribution in [3.05, 3.63) is 211 Å². The number of rotatable bonds is 6. The molecular weight excluding hydrogens is 707 g/mol. The van der Waals surface area contributed by atoms with Gasteiger partial charge in [-0.3, -0.25) is 0 Å². The van der Waals surface area contributed by atoms with Crippen molar-refractivity contribution < 1.29 is 0 Å². The van der Waals surface area contributed by atoms with Crippen LogP contribution < -0.4 is 4.90 Å². The molecule has 11 rings (SSSR count). The Bertz CT molecular complexity index is 3140. The van der Waals surface area contributed by atoms with Crippen LogP contribution in [-0.4, -0.2) is 0 Å². The van der Waals surface area contributed by atoms with Gasteiger partial charge in [0.1, 0.15) is 0 Å². The van der Waals surface area contributed by atoms with Gasteiger partial charge in [-0.1, -0.05) is 166 Å². The quantitative estimate of drug-likeness (QED) is 0.164. The molecular formula is C55H39NS. The highest BCUT2D eigenvalue weighted by atomic mass is 32.1. The van der Waals surface area contributed by atoms with E-state index >= 15 is 0 Å². The molecule has 0 saturated carbocycles. The minimum Gasteiger partial charge on any atom is -0.310 e. The van der Waals surface area contributed by atoms with Gasteiger partial charge in [0.05, 0.1) is 5.69 Å². The van der Waals surface area contributed by atoms with Crippen LogP contribution >= 0.6 is 11.3 Å². The van der Waals surface area contributed by atoms with Crippen LogP contribution in [0.15, 0.2) is 200 Å². The monoisotopic (exact) mass is 745 g/mol. The first-order valence-electron chi connectivity index (χ1n) is 19.8. The average molecular weight is 746 g/mol. The van der Waals surface area contributed by atoms with Crippen molar-refractivity contribution in [2.24, 2.45) is 0 Å². The lowest BCUT2D eigenvalue weighted by Crippen LogP contribution is -2.16. The molecule has 1 heterocycles. The summed E-state index contributed by atoms with van der Waals surface area (Å²) in [5.41, 5.74) is 16.3. The molecule has 57 heavy (non-hydrogen) atoms. The maximum Gasteiger partial charge on any atom is 0.0554 e. The number of benzene rings is 9. The molecule has 1 aliphatic carbocycles. The number of fused-ring (bicyclic) bond motifs is 7. The van der Waals surface area contributed by atoms with Crippen molar-refractivity contribution in [1.29, 1.82) is 0 Å². The summed E-state index contributed by atoms with van der Waals surface area (Å²) in [5, 5.41) is 5.11. The normalized spacial score (nSPS) is 12.9. The lowest BCUT2D eigenvalue weighted by Gasteiger charge is -2.27. The summed E-state index contributed by atoms with van der Waals surface area (Å²) in [6, 6.07) is 73.8. The molecule has 0 saturated heterocycles. The third kappa shape index (κ3) is 5.44. The fourth-order valence-corrected chi connectivity index (χ4v) is 10.5. The maximum absolute atomic E-state index is 2.44. The second kappa shape index (κ2) is 13.2. The van der Waals surface area contributed by atoms with E-state index in [4.69, 9.17) is 0 Å². The van der Waals surface area contributed by atoms with Crippen LogP contribution in [0, 0.1) is 0 Å². The Balaban J connectivity index is 1.02. The molecule has 0 spiro atoms. The van der Waals surface area contributed by atoms with Crippen LogP contribution in [0.5, 0.6) is 0 Å². The van der Waals surface area contributed by atoms with E-state index in [9.17, 15) is 0 Å². The fourth-order valence-electron chi connectivity index (χ4n) is 9.39. The number of anilines is 3. The zero-order chi connectivity index (χ0) is 38.1. The van der Waals surface area contributed by atoms with Crippen LogP contribution in [0.1, 0.15) is 25.0 Å². The summed E-state index contributed by atoms with van der Waals surface area (Å²) < 4.78 is 2.59. The molecule has 9 aromatic carbocycles. The molecule has 270 valence electrons. The Hall–Kier alpha value is -6.74. The molecule has 0 radical (unpaired) electrons.